The predicted octanol–water partition coefficient (Wildman–Crippen LogP) is 0.573. The summed E-state index contributed by atoms with van der Waals surface area (Å²) in [6.07, 6.45) is 6.18. The molecule has 2 rings (SSSR count). The highest BCUT2D eigenvalue weighted by molar-refractivity contribution is 5.74. The molecule has 0 unspecified atom stereocenters. The molecule has 0 aliphatic carbocycles. The number of aromatic nitrogens is 1. The van der Waals surface area contributed by atoms with Crippen LogP contribution in [0.5, 0.6) is 0 Å². The van der Waals surface area contributed by atoms with E-state index in [2.05, 4.69) is 33.7 Å². The zero-order valence-corrected chi connectivity index (χ0v) is 11.0. The molecule has 1 aliphatic heterocycles. The van der Waals surface area contributed by atoms with Crippen LogP contribution in [0.1, 0.15) is 12.0 Å². The number of aryl methyl sites for hydroxylation is 2. The molecule has 1 aliphatic rings. The number of piperazine rings is 1. The molecule has 0 radical (unpaired) electrons. The van der Waals surface area contributed by atoms with Crippen LogP contribution >= 0.6 is 0 Å². The van der Waals surface area contributed by atoms with E-state index in [0.29, 0.717) is 0 Å². The Labute approximate surface area is 108 Å². The molecular weight excluding hydrogens is 228 g/mol. The van der Waals surface area contributed by atoms with Crippen molar-refractivity contribution in [3.63, 3.8) is 0 Å². The van der Waals surface area contributed by atoms with Crippen molar-refractivity contribution < 1.29 is 4.79 Å². The van der Waals surface area contributed by atoms with Gasteiger partial charge in [0.2, 0.25) is 0 Å². The van der Waals surface area contributed by atoms with Crippen LogP contribution < -0.4 is 10.6 Å². The fourth-order valence-corrected chi connectivity index (χ4v) is 2.18. The van der Waals surface area contributed by atoms with Gasteiger partial charge in [0.1, 0.15) is 0 Å². The van der Waals surface area contributed by atoms with Crippen molar-refractivity contribution in [2.75, 3.05) is 32.7 Å². The van der Waals surface area contributed by atoms with Crippen molar-refractivity contribution in [3.05, 3.63) is 24.0 Å². The first kappa shape index (κ1) is 13.0. The lowest BCUT2D eigenvalue weighted by Crippen LogP contribution is -2.50. The third kappa shape index (κ3) is 3.77. The lowest BCUT2D eigenvalue weighted by Gasteiger charge is -2.27. The van der Waals surface area contributed by atoms with Gasteiger partial charge in [-0.1, -0.05) is 0 Å². The summed E-state index contributed by atoms with van der Waals surface area (Å²) in [5, 5.41) is 6.22. The molecule has 100 valence electrons. The monoisotopic (exact) mass is 250 g/mol. The van der Waals surface area contributed by atoms with E-state index in [1.165, 1.54) is 5.56 Å². The summed E-state index contributed by atoms with van der Waals surface area (Å²) in [5.74, 6) is 0. The Morgan fingerprint density at radius 2 is 2.22 bits per heavy atom. The van der Waals surface area contributed by atoms with Crippen LogP contribution in [0.4, 0.5) is 4.79 Å². The molecule has 5 nitrogen and oxygen atoms in total. The van der Waals surface area contributed by atoms with E-state index in [9.17, 15) is 4.79 Å². The molecule has 1 saturated heterocycles. The van der Waals surface area contributed by atoms with Gasteiger partial charge >= 0.3 is 6.03 Å². The fraction of sp³-hybridized carbons (Fsp3) is 0.615. The Hall–Kier alpha value is -1.49. The summed E-state index contributed by atoms with van der Waals surface area (Å²) in [6.45, 7) is 4.17. The van der Waals surface area contributed by atoms with Gasteiger partial charge in [0, 0.05) is 52.2 Å². The van der Waals surface area contributed by atoms with Crippen LogP contribution in [0.2, 0.25) is 0 Å². The van der Waals surface area contributed by atoms with E-state index in [4.69, 9.17) is 0 Å². The van der Waals surface area contributed by atoms with Gasteiger partial charge in [-0.2, -0.15) is 0 Å². The third-order valence-corrected chi connectivity index (χ3v) is 3.22. The van der Waals surface area contributed by atoms with Gasteiger partial charge in [0.15, 0.2) is 0 Å². The number of hydrogen-bond donors (Lipinski definition) is 2. The summed E-state index contributed by atoms with van der Waals surface area (Å²) < 4.78 is 2.05. The summed E-state index contributed by atoms with van der Waals surface area (Å²) in [4.78, 5) is 13.7. The van der Waals surface area contributed by atoms with E-state index in [1.807, 2.05) is 11.9 Å². The summed E-state index contributed by atoms with van der Waals surface area (Å²) in [5.41, 5.74) is 1.33. The topological polar surface area (TPSA) is 49.3 Å². The van der Waals surface area contributed by atoms with E-state index in [-0.39, 0.29) is 6.03 Å². The maximum atomic E-state index is 11.8. The largest absolute Gasteiger partial charge is 0.357 e. The lowest BCUT2D eigenvalue weighted by atomic mass is 10.2. The van der Waals surface area contributed by atoms with Crippen molar-refractivity contribution in [3.8, 4) is 0 Å². The Bertz CT molecular complexity index is 382. The van der Waals surface area contributed by atoms with Crippen LogP contribution in [0.15, 0.2) is 18.5 Å². The molecule has 0 saturated carbocycles. The molecule has 0 aromatic carbocycles. The van der Waals surface area contributed by atoms with Crippen molar-refractivity contribution in [1.29, 1.82) is 0 Å². The van der Waals surface area contributed by atoms with Gasteiger partial charge in [0.05, 0.1) is 0 Å². The molecule has 0 atom stereocenters. The molecule has 2 N–H and O–H groups in total. The number of nitrogens with one attached hydrogen (secondary N) is 2. The quantitative estimate of drug-likeness (QED) is 0.768. The number of carbonyl (C=O) groups is 1. The summed E-state index contributed by atoms with van der Waals surface area (Å²) in [6, 6.07) is 2.20. The first-order chi connectivity index (χ1) is 8.75. The lowest BCUT2D eigenvalue weighted by molar-refractivity contribution is 0.190. The van der Waals surface area contributed by atoms with Crippen molar-refractivity contribution in [2.45, 2.75) is 12.8 Å². The van der Waals surface area contributed by atoms with Crippen molar-refractivity contribution in [2.24, 2.45) is 7.05 Å². The van der Waals surface area contributed by atoms with Crippen LogP contribution in [0.3, 0.4) is 0 Å². The first-order valence-corrected chi connectivity index (χ1v) is 6.60. The molecule has 2 amide bonds. The molecule has 0 spiro atoms. The van der Waals surface area contributed by atoms with Crippen LogP contribution in [0, 0.1) is 0 Å². The Balaban J connectivity index is 1.61. The summed E-state index contributed by atoms with van der Waals surface area (Å²) >= 11 is 0. The second kappa shape index (κ2) is 6.44. The molecule has 5 heteroatoms. The fourth-order valence-electron chi connectivity index (χ4n) is 2.18. The minimum atomic E-state index is 0.0737. The highest BCUT2D eigenvalue weighted by Gasteiger charge is 2.14. The molecule has 1 aromatic rings. The van der Waals surface area contributed by atoms with Crippen molar-refractivity contribution in [1.82, 2.24) is 20.1 Å². The van der Waals surface area contributed by atoms with E-state index < -0.39 is 0 Å². The zero-order chi connectivity index (χ0) is 12.8. The molecule has 0 bridgehead atoms. The highest BCUT2D eigenvalue weighted by atomic mass is 16.2. The van der Waals surface area contributed by atoms with Gasteiger partial charge in [-0.05, 0) is 24.5 Å². The number of urea groups is 1. The van der Waals surface area contributed by atoms with Gasteiger partial charge in [0.25, 0.3) is 0 Å². The average molecular weight is 250 g/mol. The van der Waals surface area contributed by atoms with Gasteiger partial charge < -0.3 is 20.1 Å². The maximum absolute atomic E-state index is 11.8. The van der Waals surface area contributed by atoms with Gasteiger partial charge in [-0.15, -0.1) is 0 Å². The minimum absolute atomic E-state index is 0.0737. The zero-order valence-electron chi connectivity index (χ0n) is 11.0. The van der Waals surface area contributed by atoms with Gasteiger partial charge in [-0.3, -0.25) is 0 Å². The molecule has 1 aromatic heterocycles. The highest BCUT2D eigenvalue weighted by Crippen LogP contribution is 2.02. The average Bonchev–Trinajstić information content (AvgIpc) is 2.81. The number of nitrogens with zero attached hydrogens (tertiary/aromatic N) is 2. The van der Waals surface area contributed by atoms with E-state index in [0.717, 1.165) is 45.6 Å². The minimum Gasteiger partial charge on any atom is -0.357 e. The molecule has 2 heterocycles. The summed E-state index contributed by atoms with van der Waals surface area (Å²) in [7, 11) is 2.02. The number of carbonyl (C=O) groups excluding carboxylic acids is 1. The SMILES string of the molecule is Cn1ccc(CCCNC(=O)N2CCNCC2)c1. The molecule has 18 heavy (non-hydrogen) atoms. The number of amides is 2. The number of rotatable bonds is 4. The van der Waals surface area contributed by atoms with Crippen molar-refractivity contribution >= 4 is 6.03 Å². The Kier molecular flexibility index (Phi) is 4.64. The smallest absolute Gasteiger partial charge is 0.317 e. The van der Waals surface area contributed by atoms with E-state index in [1.54, 1.807) is 0 Å². The van der Waals surface area contributed by atoms with Crippen LogP contribution in [-0.4, -0.2) is 48.2 Å². The third-order valence-electron chi connectivity index (χ3n) is 3.22. The van der Waals surface area contributed by atoms with Crippen LogP contribution in [0.25, 0.3) is 0 Å². The Morgan fingerprint density at radius 1 is 1.44 bits per heavy atom. The number of hydrogen-bond acceptors (Lipinski definition) is 2. The van der Waals surface area contributed by atoms with Crippen LogP contribution in [-0.2, 0) is 13.5 Å². The Morgan fingerprint density at radius 3 is 2.89 bits per heavy atom. The second-order valence-corrected chi connectivity index (χ2v) is 4.76. The second-order valence-electron chi connectivity index (χ2n) is 4.76. The molecule has 1 fully saturated rings. The maximum Gasteiger partial charge on any atom is 0.317 e. The first-order valence-electron chi connectivity index (χ1n) is 6.60. The molecular formula is C13H22N4O. The standard InChI is InChI=1S/C13H22N4O/c1-16-8-4-12(11-16)3-2-5-15-13(18)17-9-6-14-7-10-17/h4,8,11,14H,2-3,5-7,9-10H2,1H3,(H,15,18). The predicted molar refractivity (Wildman–Crippen MR) is 71.6 cm³/mol. The van der Waals surface area contributed by atoms with Gasteiger partial charge in [-0.25, -0.2) is 4.79 Å². The van der Waals surface area contributed by atoms with E-state index >= 15 is 0 Å². The normalized spacial score (nSPS) is 15.7.